The summed E-state index contributed by atoms with van der Waals surface area (Å²) in [5.74, 6) is 0.162. The van der Waals surface area contributed by atoms with Crippen molar-refractivity contribution in [2.45, 2.75) is 44.4 Å². The van der Waals surface area contributed by atoms with Crippen LogP contribution in [0.2, 0.25) is 9.36 Å². The van der Waals surface area contributed by atoms with Gasteiger partial charge in [0, 0.05) is 12.6 Å². The van der Waals surface area contributed by atoms with E-state index in [4.69, 9.17) is 34.7 Å². The Morgan fingerprint density at radius 1 is 1.38 bits per heavy atom. The predicted molar refractivity (Wildman–Crippen MR) is 108 cm³/mol. The van der Waals surface area contributed by atoms with Gasteiger partial charge >= 0.3 is 0 Å². The molecule has 1 saturated carbocycles. The Bertz CT molecular complexity index is 776. The molecule has 0 aromatic carbocycles. The minimum Gasteiger partial charge on any atom is -0.365 e. The summed E-state index contributed by atoms with van der Waals surface area (Å²) in [6.45, 7) is 0.437. The van der Waals surface area contributed by atoms with Gasteiger partial charge in [-0.2, -0.15) is 5.10 Å². The molecular formula is C18H24Cl2N4OS. The molecule has 142 valence electrons. The lowest BCUT2D eigenvalue weighted by atomic mass is 9.79. The number of aromatic nitrogens is 2. The average molecular weight is 415 g/mol. The Labute approximate surface area is 167 Å². The van der Waals surface area contributed by atoms with Crippen LogP contribution in [0.4, 0.5) is 0 Å². The Kier molecular flexibility index (Phi) is 6.28. The van der Waals surface area contributed by atoms with Crippen LogP contribution in [0.15, 0.2) is 6.20 Å². The first-order valence-electron chi connectivity index (χ1n) is 8.93. The molecule has 0 aliphatic heterocycles. The molecule has 0 unspecified atom stereocenters. The zero-order valence-corrected chi connectivity index (χ0v) is 17.1. The van der Waals surface area contributed by atoms with Crippen molar-refractivity contribution in [1.29, 1.82) is 0 Å². The summed E-state index contributed by atoms with van der Waals surface area (Å²) in [5, 5.41) is 4.71. The van der Waals surface area contributed by atoms with Gasteiger partial charge in [-0.25, -0.2) is 0 Å². The van der Waals surface area contributed by atoms with Gasteiger partial charge in [-0.3, -0.25) is 9.48 Å². The molecule has 5 nitrogen and oxygen atoms in total. The number of carbonyl (C=O) groups is 1. The van der Waals surface area contributed by atoms with Gasteiger partial charge < -0.3 is 11.5 Å². The van der Waals surface area contributed by atoms with Crippen molar-refractivity contribution in [3.63, 3.8) is 0 Å². The monoisotopic (exact) mass is 414 g/mol. The summed E-state index contributed by atoms with van der Waals surface area (Å²) in [6, 6.07) is 0. The minimum atomic E-state index is -0.474. The van der Waals surface area contributed by atoms with Gasteiger partial charge in [-0.15, -0.1) is 11.3 Å². The van der Waals surface area contributed by atoms with Crippen LogP contribution in [0.3, 0.4) is 0 Å². The van der Waals surface area contributed by atoms with E-state index >= 15 is 0 Å². The highest BCUT2D eigenvalue weighted by Crippen LogP contribution is 2.47. The van der Waals surface area contributed by atoms with Crippen LogP contribution in [0, 0.1) is 5.92 Å². The lowest BCUT2D eigenvalue weighted by Crippen LogP contribution is -2.21. The zero-order chi connectivity index (χ0) is 18.8. The number of nitrogens with two attached hydrogens (primary N) is 2. The van der Waals surface area contributed by atoms with Crippen LogP contribution in [0.1, 0.15) is 59.7 Å². The summed E-state index contributed by atoms with van der Waals surface area (Å²) >= 11 is 14.1. The average Bonchev–Trinajstić information content (AvgIpc) is 3.13. The van der Waals surface area contributed by atoms with Gasteiger partial charge in [-0.05, 0) is 30.4 Å². The Balaban J connectivity index is 2.09. The minimum absolute atomic E-state index is 0.0188. The first-order valence-corrected chi connectivity index (χ1v) is 10.5. The number of rotatable bonds is 6. The van der Waals surface area contributed by atoms with E-state index in [0.29, 0.717) is 32.4 Å². The number of halogens is 2. The number of carbonyl (C=O) groups excluding carboxylic acids is 1. The second-order valence-corrected chi connectivity index (χ2v) is 9.02. The summed E-state index contributed by atoms with van der Waals surface area (Å²) in [5.41, 5.74) is 14.1. The molecule has 1 amide bonds. The van der Waals surface area contributed by atoms with E-state index in [0.717, 1.165) is 17.5 Å². The van der Waals surface area contributed by atoms with E-state index < -0.39 is 5.91 Å². The Morgan fingerprint density at radius 3 is 2.62 bits per heavy atom. The molecule has 0 spiro atoms. The SMILES string of the molecule is Cn1ncc(Cl)c1-c1c(Cl)sc(C(N)=O)c1[C@@H](CN)CC1CCCCC1. The number of thiophene rings is 1. The lowest BCUT2D eigenvalue weighted by molar-refractivity contribution is 0.100. The van der Waals surface area contributed by atoms with Crippen molar-refractivity contribution >= 4 is 40.4 Å². The summed E-state index contributed by atoms with van der Waals surface area (Å²) in [6.07, 6.45) is 8.76. The summed E-state index contributed by atoms with van der Waals surface area (Å²) < 4.78 is 2.18. The normalized spacial score (nSPS) is 16.8. The number of hydrogen-bond donors (Lipinski definition) is 2. The molecule has 1 atom stereocenters. The van der Waals surface area contributed by atoms with Gasteiger partial charge in [-0.1, -0.05) is 55.3 Å². The molecule has 1 aliphatic carbocycles. The van der Waals surface area contributed by atoms with Gasteiger partial charge in [0.1, 0.15) is 4.34 Å². The highest BCUT2D eigenvalue weighted by molar-refractivity contribution is 7.18. The molecule has 2 heterocycles. The van der Waals surface area contributed by atoms with Gasteiger partial charge in [0.2, 0.25) is 0 Å². The molecular weight excluding hydrogens is 391 g/mol. The number of aryl methyl sites for hydroxylation is 1. The molecule has 8 heteroatoms. The van der Waals surface area contributed by atoms with Crippen LogP contribution in [-0.2, 0) is 7.05 Å². The van der Waals surface area contributed by atoms with E-state index in [1.54, 1.807) is 10.9 Å². The standard InChI is InChI=1S/C18H24Cl2N4OS/c1-24-15(12(19)9-23-24)14-13(16(18(22)25)26-17(14)20)11(8-21)7-10-5-3-2-4-6-10/h9-11H,2-8,21H2,1H3,(H2,22,25)/t11-/m1/s1. The van der Waals surface area contributed by atoms with Crippen molar-refractivity contribution in [1.82, 2.24) is 9.78 Å². The highest BCUT2D eigenvalue weighted by atomic mass is 35.5. The second-order valence-electron chi connectivity index (χ2n) is 6.99. The van der Waals surface area contributed by atoms with Gasteiger partial charge in [0.15, 0.2) is 0 Å². The first kappa shape index (κ1) is 19.7. The fraction of sp³-hybridized carbons (Fsp3) is 0.556. The van der Waals surface area contributed by atoms with E-state index in [9.17, 15) is 4.79 Å². The van der Waals surface area contributed by atoms with Gasteiger partial charge in [0.05, 0.1) is 21.8 Å². The van der Waals surface area contributed by atoms with Gasteiger partial charge in [0.25, 0.3) is 5.91 Å². The lowest BCUT2D eigenvalue weighted by Gasteiger charge is -2.27. The Hall–Kier alpha value is -1.08. The molecule has 26 heavy (non-hydrogen) atoms. The number of amides is 1. The number of primary amides is 1. The van der Waals surface area contributed by atoms with E-state index in [1.165, 1.54) is 43.4 Å². The van der Waals surface area contributed by atoms with E-state index in [2.05, 4.69) is 5.10 Å². The third-order valence-corrected chi connectivity index (χ3v) is 7.00. The molecule has 0 radical (unpaired) electrons. The molecule has 0 saturated heterocycles. The number of hydrogen-bond acceptors (Lipinski definition) is 4. The first-order chi connectivity index (χ1) is 12.4. The smallest absolute Gasteiger partial charge is 0.259 e. The van der Waals surface area contributed by atoms with Crippen LogP contribution in [0.25, 0.3) is 11.3 Å². The van der Waals surface area contributed by atoms with Crippen molar-refractivity contribution in [3.05, 3.63) is 26.0 Å². The van der Waals surface area contributed by atoms with Crippen LogP contribution < -0.4 is 11.5 Å². The van der Waals surface area contributed by atoms with E-state index in [1.807, 2.05) is 7.05 Å². The maximum atomic E-state index is 12.1. The summed E-state index contributed by atoms with van der Waals surface area (Å²) in [4.78, 5) is 12.6. The highest BCUT2D eigenvalue weighted by Gasteiger charge is 2.31. The summed E-state index contributed by atoms with van der Waals surface area (Å²) in [7, 11) is 1.81. The second kappa shape index (κ2) is 8.30. The maximum Gasteiger partial charge on any atom is 0.259 e. The van der Waals surface area contributed by atoms with Crippen LogP contribution in [0.5, 0.6) is 0 Å². The van der Waals surface area contributed by atoms with Crippen LogP contribution in [-0.4, -0.2) is 22.2 Å². The molecule has 4 N–H and O–H groups in total. The fourth-order valence-corrected chi connectivity index (χ4v) is 5.71. The molecule has 0 bridgehead atoms. The molecule has 2 aromatic rings. The molecule has 2 aromatic heterocycles. The molecule has 3 rings (SSSR count). The Morgan fingerprint density at radius 2 is 2.08 bits per heavy atom. The van der Waals surface area contributed by atoms with Crippen LogP contribution >= 0.6 is 34.5 Å². The maximum absolute atomic E-state index is 12.1. The third-order valence-electron chi connectivity index (χ3n) is 5.29. The predicted octanol–water partition coefficient (Wildman–Crippen LogP) is 4.57. The van der Waals surface area contributed by atoms with Crippen molar-refractivity contribution < 1.29 is 4.79 Å². The quantitative estimate of drug-likeness (QED) is 0.725. The number of nitrogens with zero attached hydrogens (tertiary/aromatic N) is 2. The van der Waals surface area contributed by atoms with Crippen molar-refractivity contribution in [3.8, 4) is 11.3 Å². The van der Waals surface area contributed by atoms with Crippen molar-refractivity contribution in [2.24, 2.45) is 24.4 Å². The third kappa shape index (κ3) is 3.79. The topological polar surface area (TPSA) is 86.9 Å². The van der Waals surface area contributed by atoms with E-state index in [-0.39, 0.29) is 5.92 Å². The zero-order valence-electron chi connectivity index (χ0n) is 14.8. The molecule has 1 aliphatic rings. The van der Waals surface area contributed by atoms with Crippen molar-refractivity contribution in [2.75, 3.05) is 6.54 Å². The molecule has 1 fully saturated rings. The fourth-order valence-electron chi connectivity index (χ4n) is 4.06. The largest absolute Gasteiger partial charge is 0.365 e.